The molecule has 0 atom stereocenters. The van der Waals surface area contributed by atoms with Crippen molar-refractivity contribution in [3.63, 3.8) is 0 Å². The van der Waals surface area contributed by atoms with E-state index < -0.39 is 0 Å². The van der Waals surface area contributed by atoms with Gasteiger partial charge in [0.15, 0.2) is 5.58 Å². The van der Waals surface area contributed by atoms with Crippen LogP contribution in [0.25, 0.3) is 22.1 Å². The molecule has 14 heavy (non-hydrogen) atoms. The molecule has 2 N–H and O–H groups in total. The molecule has 3 heteroatoms. The van der Waals surface area contributed by atoms with Crippen LogP contribution in [0, 0.1) is 0 Å². The molecule has 68 valence electrons. The minimum atomic E-state index is 0.705. The third kappa shape index (κ3) is 0.893. The lowest BCUT2D eigenvalue weighted by Gasteiger charge is -1.90. The van der Waals surface area contributed by atoms with Crippen LogP contribution in [0.2, 0.25) is 0 Å². The summed E-state index contributed by atoms with van der Waals surface area (Å²) < 4.78 is 5.59. The lowest BCUT2D eigenvalue weighted by Crippen LogP contribution is -1.81. The van der Waals surface area contributed by atoms with Crippen LogP contribution in [0.15, 0.2) is 40.9 Å². The molecule has 0 aliphatic carbocycles. The molecular weight excluding hydrogens is 176 g/mol. The normalized spacial score (nSPS) is 11.1. The van der Waals surface area contributed by atoms with Crippen LogP contribution in [0.1, 0.15) is 0 Å². The first-order valence-electron chi connectivity index (χ1n) is 4.37. The summed E-state index contributed by atoms with van der Waals surface area (Å²) in [7, 11) is 0. The van der Waals surface area contributed by atoms with Gasteiger partial charge in [0.1, 0.15) is 11.1 Å². The minimum absolute atomic E-state index is 0.705. The Morgan fingerprint density at radius 3 is 3.00 bits per heavy atom. The summed E-state index contributed by atoms with van der Waals surface area (Å²) in [4.78, 5) is 4.26. The third-order valence-electron chi connectivity index (χ3n) is 2.25. The molecule has 0 fully saturated rings. The molecule has 2 aromatic heterocycles. The van der Waals surface area contributed by atoms with E-state index in [1.54, 1.807) is 6.20 Å². The van der Waals surface area contributed by atoms with Crippen molar-refractivity contribution < 1.29 is 4.42 Å². The Balaban J connectivity index is 2.57. The lowest BCUT2D eigenvalue weighted by atomic mass is 10.2. The van der Waals surface area contributed by atoms with Crippen LogP contribution in [0.3, 0.4) is 0 Å². The summed E-state index contributed by atoms with van der Waals surface area (Å²) in [6.07, 6.45) is 1.76. The molecule has 3 nitrogen and oxygen atoms in total. The number of pyridine rings is 1. The fourth-order valence-corrected chi connectivity index (χ4v) is 1.61. The zero-order valence-corrected chi connectivity index (χ0v) is 7.40. The Morgan fingerprint density at radius 1 is 1.14 bits per heavy atom. The number of hydrogen-bond donors (Lipinski definition) is 1. The standard InChI is InChI=1S/C11H8N2O/c12-7-3-4-8-10(6-7)14-9-2-1-5-13-11(8)9/h1-6H,12H2. The second kappa shape index (κ2) is 2.48. The van der Waals surface area contributed by atoms with Gasteiger partial charge in [-0.2, -0.15) is 0 Å². The van der Waals surface area contributed by atoms with Crippen molar-refractivity contribution >= 4 is 27.8 Å². The van der Waals surface area contributed by atoms with Gasteiger partial charge in [0, 0.05) is 23.3 Å². The number of aromatic nitrogens is 1. The zero-order valence-electron chi connectivity index (χ0n) is 7.40. The largest absolute Gasteiger partial charge is 0.454 e. The van der Waals surface area contributed by atoms with Gasteiger partial charge in [0.05, 0.1) is 0 Å². The summed E-state index contributed by atoms with van der Waals surface area (Å²) in [6, 6.07) is 9.36. The van der Waals surface area contributed by atoms with Gasteiger partial charge in [-0.3, -0.25) is 4.98 Å². The number of fused-ring (bicyclic) bond motifs is 3. The van der Waals surface area contributed by atoms with Gasteiger partial charge in [-0.15, -0.1) is 0 Å². The van der Waals surface area contributed by atoms with Crippen molar-refractivity contribution in [2.24, 2.45) is 0 Å². The van der Waals surface area contributed by atoms with Crippen molar-refractivity contribution in [2.75, 3.05) is 5.73 Å². The highest BCUT2D eigenvalue weighted by molar-refractivity contribution is 6.02. The van der Waals surface area contributed by atoms with Gasteiger partial charge in [-0.05, 0) is 24.3 Å². The Morgan fingerprint density at radius 2 is 2.07 bits per heavy atom. The number of furan rings is 1. The predicted molar refractivity (Wildman–Crippen MR) is 55.9 cm³/mol. The molecule has 0 spiro atoms. The SMILES string of the molecule is Nc1ccc2c(c1)oc1cccnc12. The fraction of sp³-hybridized carbons (Fsp3) is 0. The Labute approximate surface area is 80.1 Å². The first-order chi connectivity index (χ1) is 6.84. The van der Waals surface area contributed by atoms with Gasteiger partial charge >= 0.3 is 0 Å². The molecule has 2 heterocycles. The Hall–Kier alpha value is -2.03. The molecule has 0 amide bonds. The number of hydrogen-bond acceptors (Lipinski definition) is 3. The first-order valence-corrected chi connectivity index (χ1v) is 4.37. The highest BCUT2D eigenvalue weighted by atomic mass is 16.3. The third-order valence-corrected chi connectivity index (χ3v) is 2.25. The van der Waals surface area contributed by atoms with Crippen molar-refractivity contribution in [3.05, 3.63) is 36.5 Å². The quantitative estimate of drug-likeness (QED) is 0.546. The summed E-state index contributed by atoms with van der Waals surface area (Å²) in [5.41, 5.74) is 8.85. The summed E-state index contributed by atoms with van der Waals surface area (Å²) in [5, 5.41) is 1.01. The van der Waals surface area contributed by atoms with E-state index in [0.717, 1.165) is 22.1 Å². The highest BCUT2D eigenvalue weighted by Crippen LogP contribution is 2.27. The Kier molecular flexibility index (Phi) is 1.31. The molecule has 0 saturated carbocycles. The number of nitrogen functional groups attached to an aromatic ring is 1. The van der Waals surface area contributed by atoms with Crippen molar-refractivity contribution in [3.8, 4) is 0 Å². The lowest BCUT2D eigenvalue weighted by molar-refractivity contribution is 0.668. The number of nitrogens with zero attached hydrogens (tertiary/aromatic N) is 1. The number of benzene rings is 1. The fourth-order valence-electron chi connectivity index (χ4n) is 1.61. The molecular formula is C11H8N2O. The zero-order chi connectivity index (χ0) is 9.54. The van der Waals surface area contributed by atoms with E-state index in [0.29, 0.717) is 5.69 Å². The average Bonchev–Trinajstić information content (AvgIpc) is 2.54. The smallest absolute Gasteiger partial charge is 0.153 e. The van der Waals surface area contributed by atoms with E-state index in [2.05, 4.69) is 4.98 Å². The molecule has 3 rings (SSSR count). The molecule has 1 aromatic carbocycles. The maximum absolute atomic E-state index is 5.67. The number of rotatable bonds is 0. The summed E-state index contributed by atoms with van der Waals surface area (Å²) >= 11 is 0. The molecule has 0 radical (unpaired) electrons. The number of anilines is 1. The van der Waals surface area contributed by atoms with E-state index in [4.69, 9.17) is 10.2 Å². The van der Waals surface area contributed by atoms with Crippen LogP contribution in [-0.2, 0) is 0 Å². The van der Waals surface area contributed by atoms with Crippen LogP contribution in [0.4, 0.5) is 5.69 Å². The van der Waals surface area contributed by atoms with Crippen LogP contribution in [-0.4, -0.2) is 4.98 Å². The molecule has 0 saturated heterocycles. The van der Waals surface area contributed by atoms with Crippen LogP contribution in [0.5, 0.6) is 0 Å². The monoisotopic (exact) mass is 184 g/mol. The van der Waals surface area contributed by atoms with Gasteiger partial charge in [0.25, 0.3) is 0 Å². The molecule has 0 aliphatic heterocycles. The van der Waals surface area contributed by atoms with Crippen molar-refractivity contribution in [1.82, 2.24) is 4.98 Å². The second-order valence-corrected chi connectivity index (χ2v) is 3.21. The van der Waals surface area contributed by atoms with Crippen LogP contribution >= 0.6 is 0 Å². The Bertz CT molecular complexity index is 613. The van der Waals surface area contributed by atoms with E-state index in [-0.39, 0.29) is 0 Å². The maximum Gasteiger partial charge on any atom is 0.153 e. The summed E-state index contributed by atoms with van der Waals surface area (Å²) in [6.45, 7) is 0. The molecule has 0 aliphatic rings. The van der Waals surface area contributed by atoms with Crippen LogP contribution < -0.4 is 5.73 Å². The highest BCUT2D eigenvalue weighted by Gasteiger charge is 2.06. The molecule has 0 unspecified atom stereocenters. The average molecular weight is 184 g/mol. The van der Waals surface area contributed by atoms with Gasteiger partial charge < -0.3 is 10.2 Å². The minimum Gasteiger partial charge on any atom is -0.454 e. The van der Waals surface area contributed by atoms with E-state index >= 15 is 0 Å². The van der Waals surface area contributed by atoms with Crippen molar-refractivity contribution in [1.29, 1.82) is 0 Å². The van der Waals surface area contributed by atoms with Gasteiger partial charge in [-0.1, -0.05) is 0 Å². The topological polar surface area (TPSA) is 52.0 Å². The molecule has 0 bridgehead atoms. The van der Waals surface area contributed by atoms with E-state index in [1.807, 2.05) is 30.3 Å². The van der Waals surface area contributed by atoms with E-state index in [9.17, 15) is 0 Å². The summed E-state index contributed by atoms with van der Waals surface area (Å²) in [5.74, 6) is 0. The van der Waals surface area contributed by atoms with E-state index in [1.165, 1.54) is 0 Å². The predicted octanol–water partition coefficient (Wildman–Crippen LogP) is 2.56. The van der Waals surface area contributed by atoms with Gasteiger partial charge in [0.2, 0.25) is 0 Å². The van der Waals surface area contributed by atoms with Gasteiger partial charge in [-0.25, -0.2) is 0 Å². The van der Waals surface area contributed by atoms with Crippen molar-refractivity contribution in [2.45, 2.75) is 0 Å². The molecule has 3 aromatic rings. The second-order valence-electron chi connectivity index (χ2n) is 3.21. The maximum atomic E-state index is 5.67. The number of nitrogens with two attached hydrogens (primary N) is 1. The first kappa shape index (κ1) is 7.38.